The molecule has 1 atom stereocenters. The Balaban J connectivity index is 2.54. The molecule has 0 aliphatic carbocycles. The fourth-order valence-electron chi connectivity index (χ4n) is 1.04. The van der Waals surface area contributed by atoms with Crippen molar-refractivity contribution in [2.75, 3.05) is 11.9 Å². The van der Waals surface area contributed by atoms with Crippen LogP contribution < -0.4 is 5.32 Å². The molecular formula is C10H13N3O. The van der Waals surface area contributed by atoms with E-state index in [1.165, 1.54) is 0 Å². The van der Waals surface area contributed by atoms with E-state index in [1.807, 2.05) is 6.07 Å². The van der Waals surface area contributed by atoms with Gasteiger partial charge in [-0.2, -0.15) is 5.26 Å². The summed E-state index contributed by atoms with van der Waals surface area (Å²) < 4.78 is 0. The summed E-state index contributed by atoms with van der Waals surface area (Å²) in [5.74, 6) is 0.579. The van der Waals surface area contributed by atoms with Gasteiger partial charge in [0.15, 0.2) is 0 Å². The predicted octanol–water partition coefficient (Wildman–Crippen LogP) is 1.14. The van der Waals surface area contributed by atoms with Crippen LogP contribution in [0.15, 0.2) is 18.3 Å². The van der Waals surface area contributed by atoms with Gasteiger partial charge < -0.3 is 10.4 Å². The quantitative estimate of drug-likeness (QED) is 0.748. The van der Waals surface area contributed by atoms with E-state index >= 15 is 0 Å². The zero-order chi connectivity index (χ0) is 10.4. The topological polar surface area (TPSA) is 68.9 Å². The minimum atomic E-state index is -0.336. The number of anilines is 1. The number of aliphatic hydroxyl groups excluding tert-OH is 1. The highest BCUT2D eigenvalue weighted by Crippen LogP contribution is 2.09. The van der Waals surface area contributed by atoms with Gasteiger partial charge in [-0.25, -0.2) is 4.98 Å². The Kier molecular flexibility index (Phi) is 3.89. The van der Waals surface area contributed by atoms with E-state index in [0.717, 1.165) is 0 Å². The Bertz CT molecular complexity index is 330. The molecule has 0 spiro atoms. The van der Waals surface area contributed by atoms with Gasteiger partial charge in [0.1, 0.15) is 11.9 Å². The molecule has 4 heteroatoms. The van der Waals surface area contributed by atoms with Crippen LogP contribution in [0.1, 0.15) is 18.9 Å². The monoisotopic (exact) mass is 191 g/mol. The molecule has 1 heterocycles. The summed E-state index contributed by atoms with van der Waals surface area (Å²) in [7, 11) is 0. The highest BCUT2D eigenvalue weighted by molar-refractivity contribution is 5.50. The Hall–Kier alpha value is -1.60. The molecule has 0 radical (unpaired) electrons. The number of nitriles is 1. The first-order valence-corrected chi connectivity index (χ1v) is 4.51. The van der Waals surface area contributed by atoms with Gasteiger partial charge in [0, 0.05) is 12.7 Å². The van der Waals surface area contributed by atoms with Gasteiger partial charge >= 0.3 is 0 Å². The van der Waals surface area contributed by atoms with Crippen LogP contribution in [0.4, 0.5) is 5.82 Å². The molecule has 1 aromatic rings. The Morgan fingerprint density at radius 2 is 2.50 bits per heavy atom. The highest BCUT2D eigenvalue weighted by Gasteiger charge is 2.01. The minimum Gasteiger partial charge on any atom is -0.393 e. The summed E-state index contributed by atoms with van der Waals surface area (Å²) >= 11 is 0. The standard InChI is InChI=1S/C10H13N3O/c1-8(14)4-6-13-10-9(7-11)3-2-5-12-10/h2-3,5,8,14H,4,6H2,1H3,(H,12,13). The molecule has 1 rings (SSSR count). The zero-order valence-corrected chi connectivity index (χ0v) is 8.07. The van der Waals surface area contributed by atoms with Crippen molar-refractivity contribution >= 4 is 5.82 Å². The molecule has 0 bridgehead atoms. The van der Waals surface area contributed by atoms with Crippen LogP contribution in [0.2, 0.25) is 0 Å². The number of pyridine rings is 1. The van der Waals surface area contributed by atoms with Crippen LogP contribution in [-0.2, 0) is 0 Å². The third kappa shape index (κ3) is 3.04. The van der Waals surface area contributed by atoms with Crippen LogP contribution >= 0.6 is 0 Å². The lowest BCUT2D eigenvalue weighted by Gasteiger charge is -2.07. The predicted molar refractivity (Wildman–Crippen MR) is 53.7 cm³/mol. The summed E-state index contributed by atoms with van der Waals surface area (Å²) in [5.41, 5.74) is 0.526. The van der Waals surface area contributed by atoms with Crippen molar-refractivity contribution in [3.63, 3.8) is 0 Å². The van der Waals surface area contributed by atoms with Crippen LogP contribution in [0.25, 0.3) is 0 Å². The molecule has 1 unspecified atom stereocenters. The van der Waals surface area contributed by atoms with Gasteiger partial charge in [0.25, 0.3) is 0 Å². The van der Waals surface area contributed by atoms with Gasteiger partial charge in [0.05, 0.1) is 11.7 Å². The second-order valence-corrected chi connectivity index (χ2v) is 3.08. The zero-order valence-electron chi connectivity index (χ0n) is 8.07. The molecule has 0 fully saturated rings. The number of nitrogens with one attached hydrogen (secondary N) is 1. The Labute approximate surface area is 83.2 Å². The van der Waals surface area contributed by atoms with Crippen LogP contribution in [0.3, 0.4) is 0 Å². The van der Waals surface area contributed by atoms with Gasteiger partial charge in [-0.15, -0.1) is 0 Å². The average Bonchev–Trinajstić information content (AvgIpc) is 2.18. The van der Waals surface area contributed by atoms with Crippen LogP contribution in [0, 0.1) is 11.3 Å². The summed E-state index contributed by atoms with van der Waals surface area (Å²) in [6.45, 7) is 2.34. The highest BCUT2D eigenvalue weighted by atomic mass is 16.3. The first kappa shape index (κ1) is 10.5. The maximum absolute atomic E-state index is 9.03. The van der Waals surface area contributed by atoms with Crippen molar-refractivity contribution in [1.82, 2.24) is 4.98 Å². The lowest BCUT2D eigenvalue weighted by Crippen LogP contribution is -2.11. The molecule has 74 valence electrons. The molecule has 0 aromatic carbocycles. The van der Waals surface area contributed by atoms with Crippen LogP contribution in [-0.4, -0.2) is 22.7 Å². The second-order valence-electron chi connectivity index (χ2n) is 3.08. The number of rotatable bonds is 4. The first-order chi connectivity index (χ1) is 6.74. The number of aliphatic hydroxyl groups is 1. The van der Waals surface area contributed by atoms with E-state index < -0.39 is 0 Å². The number of nitrogens with zero attached hydrogens (tertiary/aromatic N) is 2. The fraction of sp³-hybridized carbons (Fsp3) is 0.400. The van der Waals surface area contributed by atoms with E-state index in [4.69, 9.17) is 10.4 Å². The van der Waals surface area contributed by atoms with Crippen molar-refractivity contribution in [1.29, 1.82) is 5.26 Å². The van der Waals surface area contributed by atoms with E-state index in [9.17, 15) is 0 Å². The smallest absolute Gasteiger partial charge is 0.143 e. The van der Waals surface area contributed by atoms with Gasteiger partial charge in [0.2, 0.25) is 0 Å². The van der Waals surface area contributed by atoms with Gasteiger partial charge in [-0.05, 0) is 25.5 Å². The van der Waals surface area contributed by atoms with Crippen molar-refractivity contribution in [2.45, 2.75) is 19.4 Å². The molecule has 0 saturated heterocycles. The molecule has 14 heavy (non-hydrogen) atoms. The fourth-order valence-corrected chi connectivity index (χ4v) is 1.04. The van der Waals surface area contributed by atoms with E-state index in [0.29, 0.717) is 24.3 Å². The molecule has 1 aromatic heterocycles. The molecule has 0 aliphatic heterocycles. The lowest BCUT2D eigenvalue weighted by molar-refractivity contribution is 0.188. The molecule has 0 amide bonds. The maximum Gasteiger partial charge on any atom is 0.143 e. The molecular weight excluding hydrogens is 178 g/mol. The Morgan fingerprint density at radius 1 is 1.71 bits per heavy atom. The van der Waals surface area contributed by atoms with E-state index in [1.54, 1.807) is 25.3 Å². The lowest BCUT2D eigenvalue weighted by atomic mass is 10.2. The second kappa shape index (κ2) is 5.20. The first-order valence-electron chi connectivity index (χ1n) is 4.51. The summed E-state index contributed by atoms with van der Waals surface area (Å²) in [6, 6.07) is 5.47. The van der Waals surface area contributed by atoms with Crippen LogP contribution in [0.5, 0.6) is 0 Å². The third-order valence-corrected chi connectivity index (χ3v) is 1.78. The molecule has 2 N–H and O–H groups in total. The molecule has 0 saturated carbocycles. The van der Waals surface area contributed by atoms with Crippen molar-refractivity contribution in [3.8, 4) is 6.07 Å². The van der Waals surface area contributed by atoms with Crippen molar-refractivity contribution < 1.29 is 5.11 Å². The van der Waals surface area contributed by atoms with E-state index in [-0.39, 0.29) is 6.10 Å². The largest absolute Gasteiger partial charge is 0.393 e. The number of hydrogen-bond acceptors (Lipinski definition) is 4. The molecule has 0 aliphatic rings. The summed E-state index contributed by atoms with van der Waals surface area (Å²) in [4.78, 5) is 4.03. The SMILES string of the molecule is CC(O)CCNc1ncccc1C#N. The minimum absolute atomic E-state index is 0.336. The average molecular weight is 191 g/mol. The van der Waals surface area contributed by atoms with E-state index in [2.05, 4.69) is 10.3 Å². The third-order valence-electron chi connectivity index (χ3n) is 1.78. The normalized spacial score (nSPS) is 11.8. The maximum atomic E-state index is 9.03. The molecule has 4 nitrogen and oxygen atoms in total. The Morgan fingerprint density at radius 3 is 3.14 bits per heavy atom. The number of aromatic nitrogens is 1. The summed E-state index contributed by atoms with van der Waals surface area (Å²) in [6.07, 6.45) is 1.93. The van der Waals surface area contributed by atoms with Gasteiger partial charge in [-0.3, -0.25) is 0 Å². The number of hydrogen-bond donors (Lipinski definition) is 2. The van der Waals surface area contributed by atoms with Crippen molar-refractivity contribution in [2.24, 2.45) is 0 Å². The summed E-state index contributed by atoms with van der Waals surface area (Å²) in [5, 5.41) is 20.8. The van der Waals surface area contributed by atoms with Gasteiger partial charge in [-0.1, -0.05) is 0 Å². The van der Waals surface area contributed by atoms with Crippen molar-refractivity contribution in [3.05, 3.63) is 23.9 Å².